The normalized spacial score (nSPS) is 14.4. The van der Waals surface area contributed by atoms with Crippen molar-refractivity contribution in [3.05, 3.63) is 0 Å². The number of nitrogens with zero attached hydrogens (tertiary/aromatic N) is 2. The number of hydrogen-bond acceptors (Lipinski definition) is 2. The summed E-state index contributed by atoms with van der Waals surface area (Å²) in [5, 5.41) is 0. The van der Waals surface area contributed by atoms with Gasteiger partial charge in [-0.15, -0.1) is 0 Å². The molecule has 2 nitrogen and oxygen atoms in total. The maximum Gasteiger partial charge on any atom is 0.150 e. The van der Waals surface area contributed by atoms with Crippen molar-refractivity contribution < 1.29 is 0 Å². The molecule has 0 rings (SSSR count). The van der Waals surface area contributed by atoms with Crippen molar-refractivity contribution in [2.45, 2.75) is 110 Å². The molecule has 0 saturated heterocycles. The van der Waals surface area contributed by atoms with Gasteiger partial charge < -0.3 is 8.80 Å². The predicted molar refractivity (Wildman–Crippen MR) is 140 cm³/mol. The van der Waals surface area contributed by atoms with Gasteiger partial charge in [0.1, 0.15) is 24.7 Å². The van der Waals surface area contributed by atoms with Crippen molar-refractivity contribution >= 4 is 43.2 Å². The molecule has 0 aliphatic rings. The van der Waals surface area contributed by atoms with Crippen molar-refractivity contribution in [3.8, 4) is 0 Å². The molecule has 0 unspecified atom stereocenters. The van der Waals surface area contributed by atoms with Crippen molar-refractivity contribution in [3.63, 3.8) is 0 Å². The minimum absolute atomic E-state index is 1.18. The maximum atomic E-state index is 6.52. The second kappa shape index (κ2) is 11.5. The Labute approximate surface area is 181 Å². The molecule has 0 aromatic heterocycles. The van der Waals surface area contributed by atoms with Gasteiger partial charge in [0.05, 0.1) is 0 Å². The van der Waals surface area contributed by atoms with E-state index in [0.29, 0.717) is 0 Å². The van der Waals surface area contributed by atoms with E-state index in [1.54, 1.807) is 0 Å². The topological polar surface area (TPSA) is 6.48 Å². The fourth-order valence-corrected chi connectivity index (χ4v) is 16.8. The molecule has 0 bridgehead atoms. The van der Waals surface area contributed by atoms with E-state index in [-0.39, 0.29) is 0 Å². The Bertz CT molecular complexity index is 392. The lowest BCUT2D eigenvalue weighted by atomic mass is 10.2. The Morgan fingerprint density at radius 2 is 0.926 bits per heavy atom. The molecule has 7 heteroatoms. The van der Waals surface area contributed by atoms with Crippen LogP contribution >= 0.6 is 11.1 Å². The molecule has 0 amide bonds. The predicted octanol–water partition coefficient (Wildman–Crippen LogP) is 7.49. The Morgan fingerprint density at radius 1 is 0.519 bits per heavy atom. The monoisotopic (exact) mass is 466 g/mol. The van der Waals surface area contributed by atoms with Crippen LogP contribution in [0.1, 0.15) is 32.1 Å². The van der Waals surface area contributed by atoms with Gasteiger partial charge in [-0.05, 0) is 44.9 Å². The molecule has 0 aliphatic heterocycles. The van der Waals surface area contributed by atoms with E-state index in [0.717, 1.165) is 0 Å². The highest BCUT2D eigenvalue weighted by atomic mass is 35.6. The average Bonchev–Trinajstić information content (AvgIpc) is 2.38. The van der Waals surface area contributed by atoms with Crippen LogP contribution in [0.4, 0.5) is 0 Å². The first-order chi connectivity index (χ1) is 11.9. The van der Waals surface area contributed by atoms with Crippen molar-refractivity contribution in [2.24, 2.45) is 0 Å². The summed E-state index contributed by atoms with van der Waals surface area (Å²) in [7, 11) is -4.98. The molecule has 0 aliphatic carbocycles. The van der Waals surface area contributed by atoms with Gasteiger partial charge in [0, 0.05) is 0 Å². The Kier molecular flexibility index (Phi) is 11.9. The van der Waals surface area contributed by atoms with Gasteiger partial charge in [-0.3, -0.25) is 0 Å². The van der Waals surface area contributed by atoms with Crippen LogP contribution in [0.25, 0.3) is 0 Å². The Balaban J connectivity index is 4.27. The molecule has 0 radical (unpaired) electrons. The van der Waals surface area contributed by atoms with E-state index in [1.165, 1.54) is 57.8 Å². The summed E-state index contributed by atoms with van der Waals surface area (Å²) in [6, 6.07) is 1.25. The first-order valence-corrected chi connectivity index (χ1v) is 25.7. The molecular formula is C20H51ClN2Si4. The van der Waals surface area contributed by atoms with Crippen LogP contribution in [-0.2, 0) is 0 Å². The lowest BCUT2D eigenvalue weighted by Gasteiger charge is -2.43. The SMILES string of the molecule is C[Si](C)(Cl)CCCN(CCCCCCN([Si](C)(C)C)[Si](C)(C)C)[Si](C)(C)C. The summed E-state index contributed by atoms with van der Waals surface area (Å²) in [5.41, 5.74) is 0. The minimum atomic E-state index is -1.41. The zero-order valence-corrected chi connectivity index (χ0v) is 25.4. The second-order valence-electron chi connectivity index (χ2n) is 11.9. The van der Waals surface area contributed by atoms with Gasteiger partial charge in [0.15, 0.2) is 7.38 Å². The van der Waals surface area contributed by atoms with Gasteiger partial charge >= 0.3 is 0 Å². The van der Waals surface area contributed by atoms with Crippen LogP contribution < -0.4 is 0 Å². The Morgan fingerprint density at radius 3 is 1.30 bits per heavy atom. The molecule has 0 aromatic rings. The van der Waals surface area contributed by atoms with E-state index in [9.17, 15) is 0 Å². The molecule has 164 valence electrons. The van der Waals surface area contributed by atoms with E-state index in [2.05, 4.69) is 80.8 Å². The van der Waals surface area contributed by atoms with Crippen LogP contribution in [0.2, 0.25) is 78.1 Å². The molecule has 0 fully saturated rings. The van der Waals surface area contributed by atoms with Crippen LogP contribution in [0.3, 0.4) is 0 Å². The van der Waals surface area contributed by atoms with E-state index in [4.69, 9.17) is 11.1 Å². The highest BCUT2D eigenvalue weighted by Crippen LogP contribution is 2.21. The molecule has 27 heavy (non-hydrogen) atoms. The number of rotatable bonds is 14. The first kappa shape index (κ1) is 28.1. The third-order valence-electron chi connectivity index (χ3n) is 5.33. The molecule has 0 saturated carbocycles. The molecule has 0 aromatic carbocycles. The van der Waals surface area contributed by atoms with Gasteiger partial charge in [0.2, 0.25) is 0 Å². The molecule has 0 heterocycles. The van der Waals surface area contributed by atoms with Crippen LogP contribution in [-0.4, -0.2) is 60.5 Å². The molecule has 0 spiro atoms. The van der Waals surface area contributed by atoms with E-state index < -0.39 is 32.1 Å². The summed E-state index contributed by atoms with van der Waals surface area (Å²) in [5.74, 6) is 0. The van der Waals surface area contributed by atoms with Gasteiger partial charge in [0.25, 0.3) is 0 Å². The van der Waals surface area contributed by atoms with Crippen LogP contribution in [0.15, 0.2) is 0 Å². The van der Waals surface area contributed by atoms with Crippen LogP contribution in [0, 0.1) is 0 Å². The smallest absolute Gasteiger partial charge is 0.150 e. The summed E-state index contributed by atoms with van der Waals surface area (Å²) in [6.45, 7) is 31.0. The largest absolute Gasteiger partial charge is 0.346 e. The minimum Gasteiger partial charge on any atom is -0.346 e. The zero-order valence-electron chi connectivity index (χ0n) is 20.6. The standard InChI is InChI=1S/C20H51ClN2Si4/c1-24(2,3)22(18-16-20-27(10,11)21)17-14-12-13-15-19-23(25(4,5)6)26(7,8)9/h12-20H2,1-11H3. The second-order valence-corrected chi connectivity index (χ2v) is 34.1. The van der Waals surface area contributed by atoms with Gasteiger partial charge in [-0.1, -0.05) is 84.9 Å². The summed E-state index contributed by atoms with van der Waals surface area (Å²) < 4.78 is 5.76. The van der Waals surface area contributed by atoms with E-state index >= 15 is 0 Å². The zero-order chi connectivity index (χ0) is 21.5. The number of halogens is 1. The fraction of sp³-hybridized carbons (Fsp3) is 1.00. The third-order valence-corrected chi connectivity index (χ3v) is 17.5. The molecule has 0 atom stereocenters. The van der Waals surface area contributed by atoms with Gasteiger partial charge in [-0.25, -0.2) is 0 Å². The van der Waals surface area contributed by atoms with E-state index in [1.807, 2.05) is 0 Å². The highest BCUT2D eigenvalue weighted by molar-refractivity contribution is 7.19. The average molecular weight is 467 g/mol. The van der Waals surface area contributed by atoms with Crippen molar-refractivity contribution in [2.75, 3.05) is 19.6 Å². The summed E-state index contributed by atoms with van der Waals surface area (Å²) in [4.78, 5) is 0. The first-order valence-electron chi connectivity index (χ1n) is 11.2. The van der Waals surface area contributed by atoms with Crippen molar-refractivity contribution in [1.29, 1.82) is 0 Å². The third kappa shape index (κ3) is 13.8. The number of hydrogen-bond donors (Lipinski definition) is 0. The summed E-state index contributed by atoms with van der Waals surface area (Å²) in [6.07, 6.45) is 6.82. The quantitative estimate of drug-likeness (QED) is 0.148. The molecule has 0 N–H and O–H groups in total. The maximum absolute atomic E-state index is 6.52. The lowest BCUT2D eigenvalue weighted by Crippen LogP contribution is -2.59. The van der Waals surface area contributed by atoms with Crippen LogP contribution in [0.5, 0.6) is 0 Å². The lowest BCUT2D eigenvalue weighted by molar-refractivity contribution is 0.401. The Hall–Kier alpha value is 1.08. The number of unbranched alkanes of at least 4 members (excludes halogenated alkanes) is 3. The van der Waals surface area contributed by atoms with Gasteiger partial charge in [-0.2, -0.15) is 11.1 Å². The highest BCUT2D eigenvalue weighted by Gasteiger charge is 2.33. The van der Waals surface area contributed by atoms with Crippen molar-refractivity contribution in [1.82, 2.24) is 8.80 Å². The molecular weight excluding hydrogens is 416 g/mol. The summed E-state index contributed by atoms with van der Waals surface area (Å²) >= 11 is 6.52. The fourth-order valence-electron chi connectivity index (χ4n) is 4.08.